The molecule has 18 heavy (non-hydrogen) atoms. The molecule has 2 rings (SSSR count). The molecule has 5 heteroatoms. The van der Waals surface area contributed by atoms with Gasteiger partial charge in [0.25, 0.3) is 0 Å². The van der Waals surface area contributed by atoms with E-state index in [1.807, 2.05) is 0 Å². The molecule has 0 aliphatic carbocycles. The number of nitrogens with zero attached hydrogens (tertiary/aromatic N) is 1. The van der Waals surface area contributed by atoms with E-state index < -0.39 is 12.1 Å². The van der Waals surface area contributed by atoms with Crippen molar-refractivity contribution >= 4 is 29.0 Å². The molecular weight excluding hydrogens is 234 g/mol. The second-order valence-electron chi connectivity index (χ2n) is 3.64. The van der Waals surface area contributed by atoms with Crippen LogP contribution in [-0.4, -0.2) is 28.8 Å². The largest absolute Gasteiger partial charge is 0.466 e. The highest BCUT2D eigenvalue weighted by Gasteiger charge is 2.06. The van der Waals surface area contributed by atoms with Gasteiger partial charge in [-0.3, -0.25) is 4.57 Å². The van der Waals surface area contributed by atoms with Gasteiger partial charge in [-0.05, 0) is 23.8 Å². The Morgan fingerprint density at radius 1 is 1.33 bits per heavy atom. The number of hydrogen-bond donors (Lipinski definition) is 1. The van der Waals surface area contributed by atoms with Crippen LogP contribution in [0.25, 0.3) is 17.0 Å². The number of ether oxygens (including phenoxy) is 1. The first-order chi connectivity index (χ1) is 8.61. The van der Waals surface area contributed by atoms with Gasteiger partial charge in [-0.1, -0.05) is 12.1 Å². The molecule has 0 bridgehead atoms. The molecule has 0 aliphatic rings. The normalized spacial score (nSPS) is 10.9. The van der Waals surface area contributed by atoms with Crippen LogP contribution >= 0.6 is 0 Å². The van der Waals surface area contributed by atoms with Gasteiger partial charge in [-0.2, -0.15) is 0 Å². The Kier molecular flexibility index (Phi) is 3.14. The van der Waals surface area contributed by atoms with Crippen molar-refractivity contribution in [2.24, 2.45) is 0 Å². The van der Waals surface area contributed by atoms with E-state index in [0.717, 1.165) is 15.5 Å². The molecule has 0 aliphatic heterocycles. The lowest BCUT2D eigenvalue weighted by Crippen LogP contribution is -2.05. The number of esters is 1. The zero-order valence-corrected chi connectivity index (χ0v) is 9.66. The van der Waals surface area contributed by atoms with Crippen LogP contribution in [0, 0.1) is 0 Å². The summed E-state index contributed by atoms with van der Waals surface area (Å²) >= 11 is 0. The molecule has 1 aromatic heterocycles. The molecule has 0 radical (unpaired) electrons. The van der Waals surface area contributed by atoms with Crippen LogP contribution in [0.5, 0.6) is 0 Å². The van der Waals surface area contributed by atoms with Crippen molar-refractivity contribution in [2.75, 3.05) is 7.11 Å². The standard InChI is InChI=1S/C13H11NO4/c1-18-12(15)5-3-9-2-4-10-6-7-14(13(16)17)11(10)8-9/h2-8H,1H3,(H,16,17)/b5-3+. The third-order valence-electron chi connectivity index (χ3n) is 2.54. The summed E-state index contributed by atoms with van der Waals surface area (Å²) in [6, 6.07) is 7.01. The minimum atomic E-state index is -1.04. The van der Waals surface area contributed by atoms with Gasteiger partial charge in [-0.15, -0.1) is 0 Å². The van der Waals surface area contributed by atoms with E-state index in [1.165, 1.54) is 19.4 Å². The predicted octanol–water partition coefficient (Wildman–Crippen LogP) is 2.35. The fourth-order valence-corrected chi connectivity index (χ4v) is 1.65. The highest BCUT2D eigenvalue weighted by atomic mass is 16.5. The van der Waals surface area contributed by atoms with Gasteiger partial charge in [0.15, 0.2) is 0 Å². The quantitative estimate of drug-likeness (QED) is 0.651. The molecule has 0 unspecified atom stereocenters. The molecule has 0 saturated carbocycles. The number of aromatic nitrogens is 1. The fourth-order valence-electron chi connectivity index (χ4n) is 1.65. The maximum absolute atomic E-state index is 11.0. The first-order valence-corrected chi connectivity index (χ1v) is 5.22. The fraction of sp³-hybridized carbons (Fsp3) is 0.0769. The van der Waals surface area contributed by atoms with Gasteiger partial charge in [-0.25, -0.2) is 9.59 Å². The summed E-state index contributed by atoms with van der Waals surface area (Å²) in [5, 5.41) is 9.82. The smallest absolute Gasteiger partial charge is 0.415 e. The summed E-state index contributed by atoms with van der Waals surface area (Å²) in [5.41, 5.74) is 1.31. The first kappa shape index (κ1) is 11.9. The second-order valence-corrected chi connectivity index (χ2v) is 3.64. The molecule has 1 heterocycles. The summed E-state index contributed by atoms with van der Waals surface area (Å²) in [6.45, 7) is 0. The zero-order valence-electron chi connectivity index (χ0n) is 9.66. The van der Waals surface area contributed by atoms with E-state index in [1.54, 1.807) is 30.3 Å². The number of carboxylic acid groups (broad SMARTS) is 1. The monoisotopic (exact) mass is 245 g/mol. The molecule has 1 N–H and O–H groups in total. The van der Waals surface area contributed by atoms with E-state index >= 15 is 0 Å². The second kappa shape index (κ2) is 4.75. The van der Waals surface area contributed by atoms with Gasteiger partial charge in [0.2, 0.25) is 0 Å². The lowest BCUT2D eigenvalue weighted by molar-refractivity contribution is -0.134. The third kappa shape index (κ3) is 2.24. The first-order valence-electron chi connectivity index (χ1n) is 5.22. The van der Waals surface area contributed by atoms with Gasteiger partial charge >= 0.3 is 12.1 Å². The molecule has 1 aromatic carbocycles. The molecule has 2 aromatic rings. The molecular formula is C13H11NO4. The average molecular weight is 245 g/mol. The van der Waals surface area contributed by atoms with Gasteiger partial charge in [0.05, 0.1) is 12.6 Å². The van der Waals surface area contributed by atoms with Crippen LogP contribution in [-0.2, 0) is 9.53 Å². The molecule has 0 amide bonds. The van der Waals surface area contributed by atoms with Crippen molar-refractivity contribution in [1.29, 1.82) is 0 Å². The van der Waals surface area contributed by atoms with E-state index in [0.29, 0.717) is 5.52 Å². The summed E-state index contributed by atoms with van der Waals surface area (Å²) < 4.78 is 5.61. The van der Waals surface area contributed by atoms with Gasteiger partial charge in [0, 0.05) is 17.7 Å². The van der Waals surface area contributed by atoms with Crippen LogP contribution in [0.4, 0.5) is 4.79 Å². The van der Waals surface area contributed by atoms with E-state index in [-0.39, 0.29) is 0 Å². The lowest BCUT2D eigenvalue weighted by Gasteiger charge is -1.99. The summed E-state index contributed by atoms with van der Waals surface area (Å²) in [5.74, 6) is -0.455. The SMILES string of the molecule is COC(=O)/C=C/c1ccc2ccn(C(=O)O)c2c1. The van der Waals surface area contributed by atoms with Crippen molar-refractivity contribution in [1.82, 2.24) is 4.57 Å². The van der Waals surface area contributed by atoms with Crippen LogP contribution in [0.3, 0.4) is 0 Å². The number of carbonyl (C=O) groups excluding carboxylic acids is 1. The zero-order chi connectivity index (χ0) is 13.1. The highest BCUT2D eigenvalue weighted by Crippen LogP contribution is 2.18. The molecule has 92 valence electrons. The molecule has 0 atom stereocenters. The van der Waals surface area contributed by atoms with E-state index in [2.05, 4.69) is 4.74 Å². The van der Waals surface area contributed by atoms with Crippen molar-refractivity contribution in [2.45, 2.75) is 0 Å². The Bertz CT molecular complexity index is 639. The molecule has 0 fully saturated rings. The Hall–Kier alpha value is -2.56. The summed E-state index contributed by atoms with van der Waals surface area (Å²) in [6.07, 6.45) is 3.31. The van der Waals surface area contributed by atoms with Crippen LogP contribution in [0.15, 0.2) is 36.5 Å². The molecule has 5 nitrogen and oxygen atoms in total. The average Bonchev–Trinajstić information content (AvgIpc) is 2.78. The highest BCUT2D eigenvalue weighted by molar-refractivity contribution is 5.92. The molecule has 0 spiro atoms. The number of fused-ring (bicyclic) bond motifs is 1. The number of rotatable bonds is 2. The Morgan fingerprint density at radius 3 is 2.78 bits per heavy atom. The van der Waals surface area contributed by atoms with Gasteiger partial charge in [0.1, 0.15) is 0 Å². The molecule has 0 saturated heterocycles. The van der Waals surface area contributed by atoms with Crippen LogP contribution < -0.4 is 0 Å². The van der Waals surface area contributed by atoms with Crippen molar-refractivity contribution in [3.05, 3.63) is 42.1 Å². The van der Waals surface area contributed by atoms with E-state index in [4.69, 9.17) is 5.11 Å². The topological polar surface area (TPSA) is 68.5 Å². The van der Waals surface area contributed by atoms with E-state index in [9.17, 15) is 9.59 Å². The van der Waals surface area contributed by atoms with Crippen molar-refractivity contribution in [3.8, 4) is 0 Å². The minimum Gasteiger partial charge on any atom is -0.466 e. The Balaban J connectivity index is 2.42. The van der Waals surface area contributed by atoms with Crippen LogP contribution in [0.1, 0.15) is 5.56 Å². The number of benzene rings is 1. The number of carbonyl (C=O) groups is 2. The number of hydrogen-bond acceptors (Lipinski definition) is 3. The van der Waals surface area contributed by atoms with Crippen LogP contribution in [0.2, 0.25) is 0 Å². The Morgan fingerprint density at radius 2 is 2.11 bits per heavy atom. The summed E-state index contributed by atoms with van der Waals surface area (Å²) in [7, 11) is 1.30. The number of methoxy groups -OCH3 is 1. The van der Waals surface area contributed by atoms with Crippen molar-refractivity contribution in [3.63, 3.8) is 0 Å². The van der Waals surface area contributed by atoms with Crippen molar-refractivity contribution < 1.29 is 19.4 Å². The predicted molar refractivity (Wildman–Crippen MR) is 66.4 cm³/mol. The maximum Gasteiger partial charge on any atom is 0.415 e. The van der Waals surface area contributed by atoms with Gasteiger partial charge < -0.3 is 9.84 Å². The lowest BCUT2D eigenvalue weighted by atomic mass is 10.1. The maximum atomic E-state index is 11.0. The minimum absolute atomic E-state index is 0.455. The third-order valence-corrected chi connectivity index (χ3v) is 2.54. The summed E-state index contributed by atoms with van der Waals surface area (Å²) in [4.78, 5) is 21.9. The Labute approximate surface area is 103 Å².